The fourth-order valence-corrected chi connectivity index (χ4v) is 4.80. The van der Waals surface area contributed by atoms with Crippen molar-refractivity contribution in [3.8, 4) is 5.75 Å². The van der Waals surface area contributed by atoms with Crippen molar-refractivity contribution in [1.82, 2.24) is 10.2 Å². The molecular formula is C26H37N3O5S. The molecule has 2 aromatic rings. The predicted molar refractivity (Wildman–Crippen MR) is 139 cm³/mol. The van der Waals surface area contributed by atoms with E-state index in [1.807, 2.05) is 51.1 Å². The van der Waals surface area contributed by atoms with E-state index in [-0.39, 0.29) is 30.8 Å². The van der Waals surface area contributed by atoms with Gasteiger partial charge >= 0.3 is 0 Å². The molecule has 2 aromatic carbocycles. The molecule has 192 valence electrons. The molecule has 2 rings (SSSR count). The predicted octanol–water partition coefficient (Wildman–Crippen LogP) is 3.57. The number of nitrogens with zero attached hydrogens (tertiary/aromatic N) is 2. The zero-order valence-electron chi connectivity index (χ0n) is 21.2. The summed E-state index contributed by atoms with van der Waals surface area (Å²) in [6, 6.07) is 15.6. The molecule has 0 saturated heterocycles. The van der Waals surface area contributed by atoms with Gasteiger partial charge in [-0.15, -0.1) is 0 Å². The number of nitrogens with one attached hydrogen (secondary N) is 1. The van der Waals surface area contributed by atoms with Crippen LogP contribution in [-0.4, -0.2) is 57.1 Å². The van der Waals surface area contributed by atoms with Gasteiger partial charge in [0.05, 0.1) is 19.1 Å². The van der Waals surface area contributed by atoms with Gasteiger partial charge in [-0.1, -0.05) is 37.3 Å². The van der Waals surface area contributed by atoms with Crippen LogP contribution >= 0.6 is 0 Å². The molecule has 8 nitrogen and oxygen atoms in total. The van der Waals surface area contributed by atoms with E-state index >= 15 is 0 Å². The topological polar surface area (TPSA) is 96.0 Å². The highest BCUT2D eigenvalue weighted by Crippen LogP contribution is 2.22. The van der Waals surface area contributed by atoms with Gasteiger partial charge in [0.25, 0.3) is 0 Å². The number of carbonyl (C=O) groups is 2. The Morgan fingerprint density at radius 2 is 1.66 bits per heavy atom. The van der Waals surface area contributed by atoms with E-state index in [1.165, 1.54) is 4.31 Å². The first kappa shape index (κ1) is 28.2. The van der Waals surface area contributed by atoms with Crippen molar-refractivity contribution >= 4 is 27.5 Å². The minimum absolute atomic E-state index is 0.0435. The van der Waals surface area contributed by atoms with Crippen molar-refractivity contribution in [2.45, 2.75) is 58.7 Å². The highest BCUT2D eigenvalue weighted by molar-refractivity contribution is 7.92. The second-order valence-corrected chi connectivity index (χ2v) is 10.6. The molecule has 1 N–H and O–H groups in total. The van der Waals surface area contributed by atoms with Gasteiger partial charge in [-0.25, -0.2) is 8.42 Å². The first-order chi connectivity index (χ1) is 16.6. The molecule has 0 saturated carbocycles. The van der Waals surface area contributed by atoms with Gasteiger partial charge in [0.15, 0.2) is 0 Å². The van der Waals surface area contributed by atoms with Crippen molar-refractivity contribution in [3.05, 3.63) is 60.2 Å². The Balaban J connectivity index is 2.18. The third-order valence-electron chi connectivity index (χ3n) is 5.53. The van der Waals surface area contributed by atoms with E-state index in [9.17, 15) is 18.0 Å². The van der Waals surface area contributed by atoms with Crippen molar-refractivity contribution in [1.29, 1.82) is 0 Å². The number of hydrogen-bond acceptors (Lipinski definition) is 5. The van der Waals surface area contributed by atoms with Crippen LogP contribution in [0, 0.1) is 0 Å². The van der Waals surface area contributed by atoms with Gasteiger partial charge in [0.2, 0.25) is 21.8 Å². The molecule has 0 aliphatic heterocycles. The number of ether oxygens (including phenoxy) is 1. The van der Waals surface area contributed by atoms with E-state index in [4.69, 9.17) is 4.74 Å². The normalized spacial score (nSPS) is 12.2. The van der Waals surface area contributed by atoms with Crippen LogP contribution in [0.3, 0.4) is 0 Å². The summed E-state index contributed by atoms with van der Waals surface area (Å²) >= 11 is 0. The van der Waals surface area contributed by atoms with Crippen molar-refractivity contribution in [2.75, 3.05) is 24.2 Å². The summed E-state index contributed by atoms with van der Waals surface area (Å²) in [5.41, 5.74) is 1.43. The van der Waals surface area contributed by atoms with E-state index in [0.29, 0.717) is 30.8 Å². The second-order valence-electron chi connectivity index (χ2n) is 8.73. The molecule has 0 aliphatic carbocycles. The Hall–Kier alpha value is -3.07. The molecule has 0 aliphatic rings. The van der Waals surface area contributed by atoms with Gasteiger partial charge in [-0.3, -0.25) is 13.9 Å². The van der Waals surface area contributed by atoms with Gasteiger partial charge < -0.3 is 15.0 Å². The van der Waals surface area contributed by atoms with E-state index in [0.717, 1.165) is 11.8 Å². The lowest BCUT2D eigenvalue weighted by molar-refractivity contribution is -0.141. The minimum Gasteiger partial charge on any atom is -0.497 e. The molecule has 0 fully saturated rings. The van der Waals surface area contributed by atoms with Crippen molar-refractivity contribution in [2.24, 2.45) is 0 Å². The number of methoxy groups -OCH3 is 1. The number of benzene rings is 2. The summed E-state index contributed by atoms with van der Waals surface area (Å²) in [5.74, 6) is 0.241. The number of sulfonamides is 1. The molecule has 0 unspecified atom stereocenters. The molecule has 0 radical (unpaired) electrons. The quantitative estimate of drug-likeness (QED) is 0.451. The molecule has 35 heavy (non-hydrogen) atoms. The zero-order chi connectivity index (χ0) is 26.0. The lowest BCUT2D eigenvalue weighted by atomic mass is 10.1. The Bertz CT molecular complexity index is 1060. The van der Waals surface area contributed by atoms with E-state index in [1.54, 1.807) is 36.3 Å². The summed E-state index contributed by atoms with van der Waals surface area (Å²) in [5, 5.41) is 2.91. The van der Waals surface area contributed by atoms with Gasteiger partial charge in [0.1, 0.15) is 11.8 Å². The molecule has 0 heterocycles. The van der Waals surface area contributed by atoms with Gasteiger partial charge in [-0.05, 0) is 56.5 Å². The number of rotatable bonds is 13. The third kappa shape index (κ3) is 8.58. The summed E-state index contributed by atoms with van der Waals surface area (Å²) in [7, 11) is -2.01. The summed E-state index contributed by atoms with van der Waals surface area (Å²) in [6.07, 6.45) is 2.04. The molecule has 1 atom stereocenters. The number of amides is 2. The number of carbonyl (C=O) groups excluding carboxylic acids is 2. The van der Waals surface area contributed by atoms with Gasteiger partial charge in [-0.2, -0.15) is 0 Å². The summed E-state index contributed by atoms with van der Waals surface area (Å²) < 4.78 is 31.3. The summed E-state index contributed by atoms with van der Waals surface area (Å²) in [6.45, 7) is 6.09. The fourth-order valence-electron chi connectivity index (χ4n) is 3.83. The van der Waals surface area contributed by atoms with Crippen LogP contribution in [-0.2, 0) is 26.2 Å². The van der Waals surface area contributed by atoms with Crippen molar-refractivity contribution in [3.63, 3.8) is 0 Å². The third-order valence-corrected chi connectivity index (χ3v) is 6.72. The maximum Gasteiger partial charge on any atom is 0.243 e. The first-order valence-corrected chi connectivity index (χ1v) is 13.7. The molecule has 0 bridgehead atoms. The number of hydrogen-bond donors (Lipinski definition) is 1. The molecule has 0 aromatic heterocycles. The largest absolute Gasteiger partial charge is 0.497 e. The van der Waals surface area contributed by atoms with Crippen LogP contribution in [0.25, 0.3) is 0 Å². The molecule has 9 heteroatoms. The van der Waals surface area contributed by atoms with Crippen LogP contribution in [0.1, 0.15) is 45.6 Å². The lowest BCUT2D eigenvalue weighted by Crippen LogP contribution is -2.50. The summed E-state index contributed by atoms with van der Waals surface area (Å²) in [4.78, 5) is 27.8. The fraction of sp³-hybridized carbons (Fsp3) is 0.462. The van der Waals surface area contributed by atoms with Crippen LogP contribution in [0.4, 0.5) is 5.69 Å². The van der Waals surface area contributed by atoms with Crippen LogP contribution in [0.5, 0.6) is 5.75 Å². The maximum absolute atomic E-state index is 13.4. The van der Waals surface area contributed by atoms with Crippen LogP contribution in [0.2, 0.25) is 0 Å². The van der Waals surface area contributed by atoms with E-state index < -0.39 is 16.1 Å². The average molecular weight is 504 g/mol. The standard InChI is InChI=1S/C26H37N3O5S/c1-6-24(26(31)27-20(2)3)28(19-21-11-8-7-9-12-21)25(30)13-10-18-29(35(5,32)33)22-14-16-23(34-4)17-15-22/h7-9,11-12,14-17,20,24H,6,10,13,18-19H2,1-5H3,(H,27,31)/t24-/m1/s1. The number of anilines is 1. The molecule has 2 amide bonds. The van der Waals surface area contributed by atoms with E-state index in [2.05, 4.69) is 5.32 Å². The lowest BCUT2D eigenvalue weighted by Gasteiger charge is -2.31. The Kier molecular flexibility index (Phi) is 10.6. The highest BCUT2D eigenvalue weighted by Gasteiger charge is 2.29. The average Bonchev–Trinajstić information content (AvgIpc) is 2.81. The van der Waals surface area contributed by atoms with Gasteiger partial charge in [0, 0.05) is 25.6 Å². The van der Waals surface area contributed by atoms with Crippen LogP contribution in [0.15, 0.2) is 54.6 Å². The Morgan fingerprint density at radius 3 is 2.17 bits per heavy atom. The SMILES string of the molecule is CC[C@H](C(=O)NC(C)C)N(Cc1ccccc1)C(=O)CCCN(c1ccc(OC)cc1)S(C)(=O)=O. The Labute approximate surface area is 209 Å². The monoisotopic (exact) mass is 503 g/mol. The first-order valence-electron chi connectivity index (χ1n) is 11.8. The van der Waals surface area contributed by atoms with Crippen molar-refractivity contribution < 1.29 is 22.7 Å². The zero-order valence-corrected chi connectivity index (χ0v) is 22.0. The molecular weight excluding hydrogens is 466 g/mol. The smallest absolute Gasteiger partial charge is 0.243 e. The highest BCUT2D eigenvalue weighted by atomic mass is 32.2. The van der Waals surface area contributed by atoms with Crippen LogP contribution < -0.4 is 14.4 Å². The minimum atomic E-state index is -3.55. The Morgan fingerprint density at radius 1 is 1.03 bits per heavy atom. The molecule has 0 spiro atoms. The maximum atomic E-state index is 13.4. The second kappa shape index (κ2) is 13.1.